The Morgan fingerprint density at radius 3 is 2.36 bits per heavy atom. The molecule has 14 heavy (non-hydrogen) atoms. The summed E-state index contributed by atoms with van der Waals surface area (Å²) in [6, 6.07) is 0. The number of halogens is 1. The zero-order valence-electron chi connectivity index (χ0n) is 8.00. The van der Waals surface area contributed by atoms with Crippen LogP contribution in [0.4, 0.5) is 0 Å². The van der Waals surface area contributed by atoms with Crippen molar-refractivity contribution < 1.29 is 14.3 Å². The maximum Gasteiger partial charge on any atom is 0.235 e. The Morgan fingerprint density at radius 2 is 1.86 bits per heavy atom. The van der Waals surface area contributed by atoms with E-state index in [2.05, 4.69) is 0 Å². The molecular weight excluding hydrogens is 206 g/mol. The quantitative estimate of drug-likeness (QED) is 0.638. The average molecular weight is 220 g/mol. The highest BCUT2D eigenvalue weighted by Gasteiger charge is 2.39. The molecule has 0 saturated carbocycles. The maximum absolute atomic E-state index is 10.7. The molecule has 2 heterocycles. The molecule has 1 spiro atoms. The molecule has 2 aliphatic heterocycles. The van der Waals surface area contributed by atoms with Crippen LogP contribution in [0.1, 0.15) is 12.8 Å². The Labute approximate surface area is 88.1 Å². The van der Waals surface area contributed by atoms with Crippen LogP contribution in [0.5, 0.6) is 0 Å². The van der Waals surface area contributed by atoms with Gasteiger partial charge in [0.25, 0.3) is 0 Å². The van der Waals surface area contributed by atoms with Crippen molar-refractivity contribution in [3.63, 3.8) is 0 Å². The fourth-order valence-corrected chi connectivity index (χ4v) is 2.18. The third kappa shape index (κ3) is 2.25. The molecule has 0 amide bonds. The lowest BCUT2D eigenvalue weighted by Gasteiger charge is -2.36. The fraction of sp³-hybridized carbons (Fsp3) is 0.889. The van der Waals surface area contributed by atoms with Gasteiger partial charge < -0.3 is 9.47 Å². The highest BCUT2D eigenvalue weighted by molar-refractivity contribution is 6.64. The van der Waals surface area contributed by atoms with Crippen LogP contribution in [0.15, 0.2) is 0 Å². The second-order valence-electron chi connectivity index (χ2n) is 3.74. The summed E-state index contributed by atoms with van der Waals surface area (Å²) in [7, 11) is 0. The van der Waals surface area contributed by atoms with E-state index in [0.29, 0.717) is 19.8 Å². The fourth-order valence-electron chi connectivity index (χ4n) is 2.01. The van der Waals surface area contributed by atoms with Crippen LogP contribution in [-0.4, -0.2) is 48.8 Å². The highest BCUT2D eigenvalue weighted by Crippen LogP contribution is 2.30. The van der Waals surface area contributed by atoms with Crippen LogP contribution in [0.25, 0.3) is 0 Å². The third-order valence-electron chi connectivity index (χ3n) is 2.78. The molecule has 0 aromatic rings. The van der Waals surface area contributed by atoms with Crippen LogP contribution in [0.3, 0.4) is 0 Å². The number of hydrogen-bond donors (Lipinski definition) is 0. The van der Waals surface area contributed by atoms with Gasteiger partial charge in [-0.25, -0.2) is 0 Å². The maximum atomic E-state index is 10.7. The van der Waals surface area contributed by atoms with E-state index in [1.54, 1.807) is 0 Å². The summed E-state index contributed by atoms with van der Waals surface area (Å²) < 4.78 is 11.1. The topological polar surface area (TPSA) is 38.8 Å². The summed E-state index contributed by atoms with van der Waals surface area (Å²) in [5, 5.41) is -0.297. The van der Waals surface area contributed by atoms with E-state index in [-0.39, 0.29) is 11.0 Å². The highest BCUT2D eigenvalue weighted by atomic mass is 35.5. The lowest BCUT2D eigenvalue weighted by molar-refractivity contribution is -0.185. The largest absolute Gasteiger partial charge is 0.347 e. The first kappa shape index (κ1) is 10.4. The minimum Gasteiger partial charge on any atom is -0.347 e. The Morgan fingerprint density at radius 1 is 1.29 bits per heavy atom. The lowest BCUT2D eigenvalue weighted by atomic mass is 10.0. The van der Waals surface area contributed by atoms with Gasteiger partial charge in [0.2, 0.25) is 5.24 Å². The molecule has 0 atom stereocenters. The standard InChI is InChI=1S/C9H14ClNO3/c10-8(12)7-11-3-1-9(2-4-11)13-5-6-14-9/h1-7H2. The van der Waals surface area contributed by atoms with Crippen molar-refractivity contribution in [2.24, 2.45) is 0 Å². The second kappa shape index (κ2) is 4.14. The Kier molecular flexibility index (Phi) is 3.07. The van der Waals surface area contributed by atoms with Crippen molar-refractivity contribution in [3.05, 3.63) is 0 Å². The van der Waals surface area contributed by atoms with E-state index >= 15 is 0 Å². The van der Waals surface area contributed by atoms with Gasteiger partial charge in [-0.15, -0.1) is 0 Å². The molecule has 80 valence electrons. The van der Waals surface area contributed by atoms with E-state index < -0.39 is 0 Å². The summed E-state index contributed by atoms with van der Waals surface area (Å²) in [6.07, 6.45) is 1.66. The SMILES string of the molecule is O=C(Cl)CN1CCC2(CC1)OCCO2. The van der Waals surface area contributed by atoms with Gasteiger partial charge >= 0.3 is 0 Å². The van der Waals surface area contributed by atoms with Crippen molar-refractivity contribution in [2.75, 3.05) is 32.8 Å². The molecular formula is C9H14ClNO3. The number of piperidine rings is 1. The van der Waals surface area contributed by atoms with Gasteiger partial charge in [-0.2, -0.15) is 0 Å². The molecule has 0 aromatic heterocycles. The number of hydrogen-bond acceptors (Lipinski definition) is 4. The molecule has 5 heteroatoms. The molecule has 2 rings (SSSR count). The molecule has 0 aromatic carbocycles. The van der Waals surface area contributed by atoms with Gasteiger partial charge in [0.05, 0.1) is 19.8 Å². The van der Waals surface area contributed by atoms with E-state index in [4.69, 9.17) is 21.1 Å². The summed E-state index contributed by atoms with van der Waals surface area (Å²) in [5.74, 6) is -0.355. The first-order valence-electron chi connectivity index (χ1n) is 4.89. The van der Waals surface area contributed by atoms with Gasteiger partial charge in [0.1, 0.15) is 0 Å². The van der Waals surface area contributed by atoms with E-state index in [1.807, 2.05) is 4.90 Å². The molecule has 2 aliphatic rings. The lowest BCUT2D eigenvalue weighted by Crippen LogP contribution is -2.46. The van der Waals surface area contributed by atoms with Crippen molar-refractivity contribution in [1.29, 1.82) is 0 Å². The van der Waals surface area contributed by atoms with Gasteiger partial charge in [-0.1, -0.05) is 0 Å². The molecule has 2 fully saturated rings. The summed E-state index contributed by atoms with van der Waals surface area (Å²) >= 11 is 5.32. The van der Waals surface area contributed by atoms with Gasteiger partial charge in [0, 0.05) is 25.9 Å². The number of rotatable bonds is 2. The summed E-state index contributed by atoms with van der Waals surface area (Å²) in [6.45, 7) is 3.34. The van der Waals surface area contributed by atoms with Crippen molar-refractivity contribution in [2.45, 2.75) is 18.6 Å². The number of carbonyl (C=O) groups is 1. The minimum absolute atomic E-state index is 0.297. The zero-order valence-corrected chi connectivity index (χ0v) is 8.76. The second-order valence-corrected chi connectivity index (χ2v) is 4.16. The zero-order chi connectivity index (χ0) is 10.0. The van der Waals surface area contributed by atoms with E-state index in [0.717, 1.165) is 25.9 Å². The summed E-state index contributed by atoms with van der Waals surface area (Å²) in [4.78, 5) is 12.7. The number of ether oxygens (including phenoxy) is 2. The van der Waals surface area contributed by atoms with Gasteiger partial charge in [-0.3, -0.25) is 9.69 Å². The normalized spacial score (nSPS) is 26.9. The molecule has 0 N–H and O–H groups in total. The minimum atomic E-state index is -0.355. The van der Waals surface area contributed by atoms with Crippen LogP contribution in [0, 0.1) is 0 Å². The van der Waals surface area contributed by atoms with Crippen molar-refractivity contribution >= 4 is 16.8 Å². The molecule has 2 saturated heterocycles. The Hall–Kier alpha value is -0.160. The smallest absolute Gasteiger partial charge is 0.235 e. The van der Waals surface area contributed by atoms with Crippen LogP contribution in [0.2, 0.25) is 0 Å². The molecule has 0 bridgehead atoms. The predicted octanol–water partition coefficient (Wildman–Crippen LogP) is 0.591. The predicted molar refractivity (Wildman–Crippen MR) is 51.2 cm³/mol. The molecule has 0 aliphatic carbocycles. The Balaban J connectivity index is 1.82. The van der Waals surface area contributed by atoms with E-state index in [9.17, 15) is 4.79 Å². The van der Waals surface area contributed by atoms with Crippen LogP contribution >= 0.6 is 11.6 Å². The number of likely N-dealkylation sites (tertiary alicyclic amines) is 1. The Bertz CT molecular complexity index is 218. The molecule has 4 nitrogen and oxygen atoms in total. The monoisotopic (exact) mass is 219 g/mol. The van der Waals surface area contributed by atoms with E-state index in [1.165, 1.54) is 0 Å². The van der Waals surface area contributed by atoms with Crippen LogP contribution < -0.4 is 0 Å². The average Bonchev–Trinajstić information content (AvgIpc) is 2.58. The number of nitrogens with zero attached hydrogens (tertiary/aromatic N) is 1. The van der Waals surface area contributed by atoms with Gasteiger partial charge in [0.15, 0.2) is 5.79 Å². The number of carbonyl (C=O) groups excluding carboxylic acids is 1. The molecule has 0 unspecified atom stereocenters. The third-order valence-corrected chi connectivity index (χ3v) is 2.90. The van der Waals surface area contributed by atoms with Crippen molar-refractivity contribution in [1.82, 2.24) is 4.90 Å². The van der Waals surface area contributed by atoms with Crippen LogP contribution in [-0.2, 0) is 14.3 Å². The molecule has 0 radical (unpaired) electrons. The first-order chi connectivity index (χ1) is 6.70. The summed E-state index contributed by atoms with van der Waals surface area (Å²) in [5.41, 5.74) is 0. The first-order valence-corrected chi connectivity index (χ1v) is 5.27. The van der Waals surface area contributed by atoms with Gasteiger partial charge in [-0.05, 0) is 11.6 Å². The van der Waals surface area contributed by atoms with Crippen molar-refractivity contribution in [3.8, 4) is 0 Å².